The van der Waals surface area contributed by atoms with E-state index in [1.165, 1.54) is 13.2 Å². The van der Waals surface area contributed by atoms with E-state index in [1.807, 2.05) is 0 Å². The van der Waals surface area contributed by atoms with Gasteiger partial charge in [0.05, 0.1) is 6.61 Å². The summed E-state index contributed by atoms with van der Waals surface area (Å²) >= 11 is 0. The molecule has 1 rings (SSSR count). The zero-order valence-electron chi connectivity index (χ0n) is 12.5. The van der Waals surface area contributed by atoms with Gasteiger partial charge in [0.25, 0.3) is 0 Å². The van der Waals surface area contributed by atoms with E-state index >= 15 is 0 Å². The van der Waals surface area contributed by atoms with Crippen molar-refractivity contribution in [1.29, 1.82) is 0 Å². The third kappa shape index (κ3) is 6.89. The predicted octanol–water partition coefficient (Wildman–Crippen LogP) is 1.29. The molecule has 0 amide bonds. The number of nitrogens with two attached hydrogens (primary N) is 1. The molecule has 1 aromatic rings. The van der Waals surface area contributed by atoms with E-state index in [1.54, 1.807) is 6.92 Å². The van der Waals surface area contributed by atoms with Crippen molar-refractivity contribution in [3.05, 3.63) is 24.0 Å². The molecular weight excluding hydrogens is 335 g/mol. The van der Waals surface area contributed by atoms with Gasteiger partial charge in [0, 0.05) is 19.7 Å². The second kappa shape index (κ2) is 9.96. The van der Waals surface area contributed by atoms with Crippen LogP contribution in [0.15, 0.2) is 23.1 Å². The topological polar surface area (TPSA) is 90.6 Å². The fourth-order valence-corrected chi connectivity index (χ4v) is 2.75. The highest BCUT2D eigenvalue weighted by atomic mass is 35.5. The highest BCUT2D eigenvalue weighted by Gasteiger charge is 2.20. The molecule has 22 heavy (non-hydrogen) atoms. The number of rotatable bonds is 9. The number of ether oxygens (including phenoxy) is 2. The molecule has 0 aromatic heterocycles. The molecule has 3 N–H and O–H groups in total. The quantitative estimate of drug-likeness (QED) is 0.651. The fourth-order valence-electron chi connectivity index (χ4n) is 1.54. The average molecular weight is 357 g/mol. The highest BCUT2D eigenvalue weighted by molar-refractivity contribution is 7.89. The maximum Gasteiger partial charge on any atom is 0.244 e. The van der Waals surface area contributed by atoms with Gasteiger partial charge >= 0.3 is 0 Å². The van der Waals surface area contributed by atoms with Crippen LogP contribution in [0.4, 0.5) is 4.39 Å². The molecule has 1 aromatic carbocycles. The summed E-state index contributed by atoms with van der Waals surface area (Å²) in [4.78, 5) is -0.233. The summed E-state index contributed by atoms with van der Waals surface area (Å²) in [6, 6.07) is 3.22. The summed E-state index contributed by atoms with van der Waals surface area (Å²) in [5, 5.41) is 0. The lowest BCUT2D eigenvalue weighted by Crippen LogP contribution is -2.29. The van der Waals surface area contributed by atoms with Gasteiger partial charge in [-0.3, -0.25) is 0 Å². The Morgan fingerprint density at radius 2 is 2.05 bits per heavy atom. The van der Waals surface area contributed by atoms with Crippen LogP contribution < -0.4 is 15.2 Å². The molecule has 9 heteroatoms. The first-order valence-corrected chi connectivity index (χ1v) is 8.01. The Morgan fingerprint density at radius 1 is 1.36 bits per heavy atom. The maximum absolute atomic E-state index is 13.3. The van der Waals surface area contributed by atoms with Crippen molar-refractivity contribution in [2.45, 2.75) is 24.3 Å². The van der Waals surface area contributed by atoms with E-state index < -0.39 is 15.8 Å². The molecule has 0 aliphatic heterocycles. The molecule has 0 bridgehead atoms. The standard InChI is InChI=1S/C13H21FN2O4S.ClH/c1-10(15)5-6-16-21(17,18)13-9-11(14)3-4-12(13)20-8-7-19-2;/h3-4,9-10,16H,5-8,15H2,1-2H3;1H. The minimum atomic E-state index is -3.86. The zero-order chi connectivity index (χ0) is 15.9. The third-order valence-electron chi connectivity index (χ3n) is 2.63. The van der Waals surface area contributed by atoms with Gasteiger partial charge in [-0.25, -0.2) is 17.5 Å². The van der Waals surface area contributed by atoms with Gasteiger partial charge < -0.3 is 15.2 Å². The van der Waals surface area contributed by atoms with Crippen LogP contribution in [0.2, 0.25) is 0 Å². The Labute approximate surface area is 136 Å². The van der Waals surface area contributed by atoms with Crippen LogP contribution in [0.5, 0.6) is 5.75 Å². The fraction of sp³-hybridized carbons (Fsp3) is 0.538. The van der Waals surface area contributed by atoms with Crippen molar-refractivity contribution in [1.82, 2.24) is 4.72 Å². The number of hydrogen-bond acceptors (Lipinski definition) is 5. The van der Waals surface area contributed by atoms with E-state index in [-0.39, 0.29) is 42.2 Å². The van der Waals surface area contributed by atoms with E-state index in [0.29, 0.717) is 13.0 Å². The molecule has 0 spiro atoms. The van der Waals surface area contributed by atoms with Crippen molar-refractivity contribution >= 4 is 22.4 Å². The molecule has 1 atom stereocenters. The lowest BCUT2D eigenvalue weighted by Gasteiger charge is -2.13. The number of methoxy groups -OCH3 is 1. The molecule has 1 unspecified atom stereocenters. The second-order valence-corrected chi connectivity index (χ2v) is 6.33. The Morgan fingerprint density at radius 3 is 2.64 bits per heavy atom. The van der Waals surface area contributed by atoms with Gasteiger partial charge in [-0.2, -0.15) is 0 Å². The van der Waals surface area contributed by atoms with Crippen molar-refractivity contribution < 1.29 is 22.3 Å². The van der Waals surface area contributed by atoms with Crippen LogP contribution in [0.3, 0.4) is 0 Å². The molecule has 0 aliphatic carbocycles. The normalized spacial score (nSPS) is 12.5. The Kier molecular flexibility index (Phi) is 9.54. The number of nitrogens with one attached hydrogen (secondary N) is 1. The van der Waals surface area contributed by atoms with Crippen molar-refractivity contribution in [3.63, 3.8) is 0 Å². The van der Waals surface area contributed by atoms with Gasteiger partial charge in [-0.05, 0) is 31.5 Å². The van der Waals surface area contributed by atoms with Crippen LogP contribution in [-0.2, 0) is 14.8 Å². The lowest BCUT2D eigenvalue weighted by molar-refractivity contribution is 0.144. The highest BCUT2D eigenvalue weighted by Crippen LogP contribution is 2.24. The Hall–Kier alpha value is -0.930. The number of hydrogen-bond donors (Lipinski definition) is 2. The molecule has 0 radical (unpaired) electrons. The summed E-state index contributed by atoms with van der Waals surface area (Å²) in [7, 11) is -2.36. The first-order valence-electron chi connectivity index (χ1n) is 6.53. The SMILES string of the molecule is COCCOc1ccc(F)cc1S(=O)(=O)NCCC(C)N.Cl. The van der Waals surface area contributed by atoms with E-state index in [9.17, 15) is 12.8 Å². The van der Waals surface area contributed by atoms with Crippen molar-refractivity contribution in [3.8, 4) is 5.75 Å². The van der Waals surface area contributed by atoms with Gasteiger partial charge in [0.2, 0.25) is 10.0 Å². The molecule has 0 saturated carbocycles. The predicted molar refractivity (Wildman–Crippen MR) is 84.5 cm³/mol. The van der Waals surface area contributed by atoms with Crippen LogP contribution in [0, 0.1) is 5.82 Å². The summed E-state index contributed by atoms with van der Waals surface area (Å²) in [6.07, 6.45) is 0.481. The lowest BCUT2D eigenvalue weighted by atomic mass is 10.3. The number of halogens is 2. The van der Waals surface area contributed by atoms with Gasteiger partial charge in [-0.1, -0.05) is 0 Å². The van der Waals surface area contributed by atoms with Crippen LogP contribution in [0.1, 0.15) is 13.3 Å². The summed E-state index contributed by atoms with van der Waals surface area (Å²) in [5.41, 5.74) is 5.56. The van der Waals surface area contributed by atoms with E-state index in [0.717, 1.165) is 12.1 Å². The summed E-state index contributed by atoms with van der Waals surface area (Å²) in [5.74, 6) is -0.566. The maximum atomic E-state index is 13.3. The molecule has 0 aliphatic rings. The number of benzene rings is 1. The minimum absolute atomic E-state index is 0. The van der Waals surface area contributed by atoms with Gasteiger partial charge in [-0.15, -0.1) is 12.4 Å². The van der Waals surface area contributed by atoms with Crippen molar-refractivity contribution in [2.75, 3.05) is 26.9 Å². The second-order valence-electron chi connectivity index (χ2n) is 4.60. The minimum Gasteiger partial charge on any atom is -0.490 e. The zero-order valence-corrected chi connectivity index (χ0v) is 14.2. The van der Waals surface area contributed by atoms with Gasteiger partial charge in [0.1, 0.15) is 23.1 Å². The van der Waals surface area contributed by atoms with E-state index in [2.05, 4.69) is 4.72 Å². The molecule has 0 heterocycles. The van der Waals surface area contributed by atoms with Crippen LogP contribution in [0.25, 0.3) is 0 Å². The third-order valence-corrected chi connectivity index (χ3v) is 4.11. The molecule has 6 nitrogen and oxygen atoms in total. The molecule has 0 saturated heterocycles. The largest absolute Gasteiger partial charge is 0.490 e. The number of sulfonamides is 1. The van der Waals surface area contributed by atoms with Crippen molar-refractivity contribution in [2.24, 2.45) is 5.73 Å². The first kappa shape index (κ1) is 21.1. The smallest absolute Gasteiger partial charge is 0.244 e. The molecule has 0 fully saturated rings. The molecular formula is C13H22ClFN2O4S. The van der Waals surface area contributed by atoms with Crippen LogP contribution >= 0.6 is 12.4 Å². The molecule has 128 valence electrons. The average Bonchev–Trinajstić information content (AvgIpc) is 2.40. The monoisotopic (exact) mass is 356 g/mol. The Bertz CT molecular complexity index is 555. The van der Waals surface area contributed by atoms with Crippen LogP contribution in [-0.4, -0.2) is 41.3 Å². The first-order chi connectivity index (χ1) is 9.86. The van der Waals surface area contributed by atoms with Gasteiger partial charge in [0.15, 0.2) is 0 Å². The van der Waals surface area contributed by atoms with E-state index in [4.69, 9.17) is 15.2 Å². The Balaban J connectivity index is 0.00000441. The summed E-state index contributed by atoms with van der Waals surface area (Å²) in [6.45, 7) is 2.42. The summed E-state index contributed by atoms with van der Waals surface area (Å²) < 4.78 is 50.2.